The van der Waals surface area contributed by atoms with E-state index in [0.29, 0.717) is 0 Å². The van der Waals surface area contributed by atoms with E-state index in [0.717, 1.165) is 87.3 Å². The van der Waals surface area contributed by atoms with Crippen LogP contribution in [0.2, 0.25) is 0 Å². The molecule has 0 amide bonds. The Morgan fingerprint density at radius 2 is 0.911 bits per heavy atom. The summed E-state index contributed by atoms with van der Waals surface area (Å²) in [6, 6.07) is 31.1. The van der Waals surface area contributed by atoms with E-state index in [-0.39, 0.29) is 46.1 Å². The van der Waals surface area contributed by atoms with Gasteiger partial charge in [0.1, 0.15) is 0 Å². The van der Waals surface area contributed by atoms with Crippen LogP contribution in [0.4, 0.5) is 26.3 Å². The first-order valence-corrected chi connectivity index (χ1v) is 13.8. The topological polar surface area (TPSA) is 0 Å². The molecule has 0 aliphatic heterocycles. The first-order chi connectivity index (χ1) is 20.0. The Kier molecular flexibility index (Phi) is 9.48. The number of benzene rings is 4. The summed E-state index contributed by atoms with van der Waals surface area (Å²) in [7, 11) is 0. The summed E-state index contributed by atoms with van der Waals surface area (Å²) in [6.45, 7) is 0. The quantitative estimate of drug-likeness (QED) is 0.0950. The van der Waals surface area contributed by atoms with Crippen molar-refractivity contribution in [3.8, 4) is 22.3 Å². The van der Waals surface area contributed by atoms with E-state index in [4.69, 9.17) is 0 Å². The molecule has 7 heteroatoms. The standard InChI is InChI=1S/C36H24F6.2CH3.Hf/c37-35(38,39)26-12-8-22(9-13-26)30-6-1-4-24-18-28(20-32(24)30)34(16-3-17-34)29-19-25-5-2-7-31(33(25)21-29)23-10-14-27(15-11-23)36(40,41)42;;;/h1-2,4-15,18-21H,3,16-17H2;2*1H3;/q-2;2*-1;+4. The second kappa shape index (κ2) is 12.4. The Hall–Kier alpha value is -3.45. The van der Waals surface area contributed by atoms with Crippen molar-refractivity contribution in [1.29, 1.82) is 0 Å². The van der Waals surface area contributed by atoms with E-state index in [1.54, 1.807) is 0 Å². The van der Waals surface area contributed by atoms with Gasteiger partial charge in [0.25, 0.3) is 0 Å². The Labute approximate surface area is 278 Å². The van der Waals surface area contributed by atoms with Crippen molar-refractivity contribution in [3.05, 3.63) is 146 Å². The molecule has 0 saturated heterocycles. The summed E-state index contributed by atoms with van der Waals surface area (Å²) in [5, 5.41) is 4.07. The molecule has 0 nitrogen and oxygen atoms in total. The molecule has 228 valence electrons. The monoisotopic (exact) mass is 780 g/mol. The first-order valence-electron chi connectivity index (χ1n) is 13.8. The van der Waals surface area contributed by atoms with Crippen molar-refractivity contribution in [2.45, 2.75) is 37.0 Å². The molecule has 1 aliphatic rings. The van der Waals surface area contributed by atoms with E-state index >= 15 is 0 Å². The Morgan fingerprint density at radius 1 is 0.533 bits per heavy atom. The number of hydrogen-bond acceptors (Lipinski definition) is 0. The van der Waals surface area contributed by atoms with Crippen LogP contribution in [0.15, 0.2) is 109 Å². The average molecular weight is 779 g/mol. The molecule has 0 N–H and O–H groups in total. The van der Waals surface area contributed by atoms with Crippen molar-refractivity contribution in [2.75, 3.05) is 0 Å². The minimum absolute atomic E-state index is 0. The van der Waals surface area contributed by atoms with Gasteiger partial charge < -0.3 is 14.9 Å². The summed E-state index contributed by atoms with van der Waals surface area (Å²) in [6.07, 6.45) is -5.77. The van der Waals surface area contributed by atoms with Crippen LogP contribution in [0.1, 0.15) is 41.5 Å². The summed E-state index contributed by atoms with van der Waals surface area (Å²) in [5.74, 6) is 0. The zero-order valence-corrected chi connectivity index (χ0v) is 28.4. The van der Waals surface area contributed by atoms with Gasteiger partial charge in [-0.3, -0.25) is 0 Å². The largest absolute Gasteiger partial charge is 4.00 e. The average Bonchev–Trinajstić information content (AvgIpc) is 3.56. The van der Waals surface area contributed by atoms with Crippen molar-refractivity contribution in [2.24, 2.45) is 0 Å². The van der Waals surface area contributed by atoms with Gasteiger partial charge in [-0.05, 0) is 53.6 Å². The number of alkyl halides is 6. The maximum absolute atomic E-state index is 13.1. The third-order valence-corrected chi connectivity index (χ3v) is 8.86. The smallest absolute Gasteiger partial charge is 0.358 e. The van der Waals surface area contributed by atoms with Gasteiger partial charge in [0.2, 0.25) is 0 Å². The van der Waals surface area contributed by atoms with Crippen LogP contribution < -0.4 is 0 Å². The molecule has 0 aromatic heterocycles. The van der Waals surface area contributed by atoms with Gasteiger partial charge in [0, 0.05) is 0 Å². The molecule has 0 atom stereocenters. The molecule has 1 saturated carbocycles. The Bertz CT molecular complexity index is 1780. The fraction of sp³-hybridized carbons (Fsp3) is 0.158. The Balaban J connectivity index is 0.00000154. The third-order valence-electron chi connectivity index (χ3n) is 8.86. The molecule has 0 spiro atoms. The van der Waals surface area contributed by atoms with Gasteiger partial charge >= 0.3 is 38.2 Å². The maximum atomic E-state index is 13.1. The second-order valence-corrected chi connectivity index (χ2v) is 11.2. The van der Waals surface area contributed by atoms with E-state index in [1.165, 1.54) is 35.4 Å². The van der Waals surface area contributed by atoms with Crippen LogP contribution in [0, 0.1) is 14.9 Å². The zero-order chi connectivity index (χ0) is 29.3. The fourth-order valence-electron chi connectivity index (χ4n) is 6.48. The zero-order valence-electron chi connectivity index (χ0n) is 24.8. The van der Waals surface area contributed by atoms with Crippen LogP contribution in [0.25, 0.3) is 43.8 Å². The summed E-state index contributed by atoms with van der Waals surface area (Å²) < 4.78 is 78.8. The van der Waals surface area contributed by atoms with Crippen LogP contribution in [0.5, 0.6) is 0 Å². The fourth-order valence-corrected chi connectivity index (χ4v) is 6.48. The van der Waals surface area contributed by atoms with E-state index in [9.17, 15) is 26.3 Å². The van der Waals surface area contributed by atoms with Gasteiger partial charge in [-0.2, -0.15) is 38.5 Å². The van der Waals surface area contributed by atoms with E-state index < -0.39 is 23.5 Å². The SMILES string of the molecule is FC(F)(F)c1ccc(-c2cccc3[cH-]c(C4(c5cc6c(-c7ccc(C(F)(F)F)cc7)cccc6[cH-]5)CCC4)cc23)cc1.[CH3-].[CH3-].[Hf+4]. The molecule has 0 bridgehead atoms. The molecule has 0 radical (unpaired) electrons. The molecular formula is C38H30F6Hf. The van der Waals surface area contributed by atoms with Crippen LogP contribution in [0.3, 0.4) is 0 Å². The first kappa shape index (κ1) is 34.4. The number of fused-ring (bicyclic) bond motifs is 2. The van der Waals surface area contributed by atoms with Gasteiger partial charge in [0.15, 0.2) is 0 Å². The van der Waals surface area contributed by atoms with Crippen molar-refractivity contribution < 1.29 is 52.2 Å². The summed E-state index contributed by atoms with van der Waals surface area (Å²) in [5.41, 5.74) is 4.04. The minimum Gasteiger partial charge on any atom is -0.358 e. The molecular weight excluding hydrogens is 749 g/mol. The van der Waals surface area contributed by atoms with Crippen LogP contribution in [-0.2, 0) is 43.6 Å². The van der Waals surface area contributed by atoms with Gasteiger partial charge in [0.05, 0.1) is 11.1 Å². The van der Waals surface area contributed by atoms with Gasteiger partial charge in [-0.15, -0.1) is 69.1 Å². The minimum atomic E-state index is -4.38. The molecule has 45 heavy (non-hydrogen) atoms. The van der Waals surface area contributed by atoms with E-state index in [2.05, 4.69) is 24.3 Å². The normalized spacial score (nSPS) is 14.3. The van der Waals surface area contributed by atoms with Crippen molar-refractivity contribution in [3.63, 3.8) is 0 Å². The van der Waals surface area contributed by atoms with Gasteiger partial charge in [-0.1, -0.05) is 53.9 Å². The maximum Gasteiger partial charge on any atom is 4.00 e. The molecule has 7 rings (SSSR count). The van der Waals surface area contributed by atoms with Crippen molar-refractivity contribution >= 4 is 21.5 Å². The summed E-state index contributed by atoms with van der Waals surface area (Å²) in [4.78, 5) is 0. The number of hydrogen-bond donors (Lipinski definition) is 0. The molecule has 1 aliphatic carbocycles. The third kappa shape index (κ3) is 5.96. The number of halogens is 6. The molecule has 1 fully saturated rings. The molecule has 0 heterocycles. The predicted molar refractivity (Wildman–Crippen MR) is 167 cm³/mol. The summed E-state index contributed by atoms with van der Waals surface area (Å²) >= 11 is 0. The van der Waals surface area contributed by atoms with Crippen molar-refractivity contribution in [1.82, 2.24) is 0 Å². The second-order valence-electron chi connectivity index (χ2n) is 11.2. The molecule has 0 unspecified atom stereocenters. The molecule has 6 aromatic rings. The van der Waals surface area contributed by atoms with Crippen LogP contribution >= 0.6 is 0 Å². The van der Waals surface area contributed by atoms with Crippen LogP contribution in [-0.4, -0.2) is 0 Å². The predicted octanol–water partition coefficient (Wildman–Crippen LogP) is 12.2. The van der Waals surface area contributed by atoms with Gasteiger partial charge in [-0.25, -0.2) is 0 Å². The number of rotatable bonds is 4. The Morgan fingerprint density at radius 3 is 1.22 bits per heavy atom. The van der Waals surface area contributed by atoms with E-state index in [1.807, 2.05) is 36.4 Å². The molecule has 6 aromatic carbocycles.